The van der Waals surface area contributed by atoms with Gasteiger partial charge < -0.3 is 33.8 Å². The fraction of sp³-hybridized carbons (Fsp3) is 0.952. The fourth-order valence-corrected chi connectivity index (χ4v) is 14.4. The number of aliphatic hydroxyl groups excluding tert-OH is 1. The van der Waals surface area contributed by atoms with E-state index in [0.29, 0.717) is 25.7 Å². The van der Waals surface area contributed by atoms with E-state index in [9.17, 15) is 43.2 Å². The van der Waals surface area contributed by atoms with Crippen molar-refractivity contribution in [1.82, 2.24) is 0 Å². The van der Waals surface area contributed by atoms with Gasteiger partial charge in [0, 0.05) is 25.7 Å². The Bertz CT molecular complexity index is 1960. The molecule has 0 aromatic rings. The zero-order valence-corrected chi connectivity index (χ0v) is 68.7. The highest BCUT2D eigenvalue weighted by atomic mass is 31.2. The summed E-state index contributed by atoms with van der Waals surface area (Å²) in [7, 11) is -9.91. The van der Waals surface area contributed by atoms with Crippen LogP contribution in [0.2, 0.25) is 0 Å². The topological polar surface area (TPSA) is 237 Å². The Kier molecular flexibility index (Phi) is 73.1. The lowest BCUT2D eigenvalue weighted by Crippen LogP contribution is -2.30. The van der Waals surface area contributed by atoms with Crippen LogP contribution in [0.25, 0.3) is 0 Å². The first-order valence-corrected chi connectivity index (χ1v) is 46.0. The summed E-state index contributed by atoms with van der Waals surface area (Å²) in [6.07, 6.45) is 65.7. The highest BCUT2D eigenvalue weighted by molar-refractivity contribution is 7.47. The number of aliphatic hydroxyl groups is 1. The van der Waals surface area contributed by atoms with Crippen molar-refractivity contribution in [3.8, 4) is 0 Å². The molecule has 0 aliphatic heterocycles. The number of esters is 4. The molecule has 102 heavy (non-hydrogen) atoms. The summed E-state index contributed by atoms with van der Waals surface area (Å²) in [5.41, 5.74) is 0. The molecule has 19 heteroatoms. The minimum absolute atomic E-state index is 0.107. The van der Waals surface area contributed by atoms with E-state index >= 15 is 0 Å². The number of carbonyl (C=O) groups excluding carboxylic acids is 4. The monoisotopic (exact) mass is 1490 g/mol. The zero-order chi connectivity index (χ0) is 74.9. The molecule has 0 saturated carbocycles. The van der Waals surface area contributed by atoms with Crippen LogP contribution < -0.4 is 0 Å². The van der Waals surface area contributed by atoms with Crippen LogP contribution in [0, 0.1) is 11.8 Å². The minimum Gasteiger partial charge on any atom is -0.462 e. The van der Waals surface area contributed by atoms with Gasteiger partial charge in [0.05, 0.1) is 26.4 Å². The van der Waals surface area contributed by atoms with Crippen LogP contribution in [0.1, 0.15) is 440 Å². The first-order valence-electron chi connectivity index (χ1n) is 43.0. The molecule has 0 bridgehead atoms. The van der Waals surface area contributed by atoms with Gasteiger partial charge in [-0.3, -0.25) is 37.3 Å². The van der Waals surface area contributed by atoms with E-state index in [4.69, 9.17) is 37.0 Å². The van der Waals surface area contributed by atoms with Gasteiger partial charge in [-0.15, -0.1) is 0 Å². The van der Waals surface area contributed by atoms with Gasteiger partial charge in [-0.25, -0.2) is 9.13 Å². The third-order valence-corrected chi connectivity index (χ3v) is 21.7. The van der Waals surface area contributed by atoms with Gasteiger partial charge in [-0.05, 0) is 37.5 Å². The van der Waals surface area contributed by atoms with Crippen molar-refractivity contribution in [3.05, 3.63) is 0 Å². The molecule has 3 N–H and O–H groups in total. The Hall–Kier alpha value is -1.94. The number of rotatable bonds is 82. The molecular formula is C83H162O17P2. The average Bonchev–Trinajstić information content (AvgIpc) is 0.908. The quantitative estimate of drug-likeness (QED) is 0.0222. The third kappa shape index (κ3) is 74.9. The molecule has 0 aromatic heterocycles. The van der Waals surface area contributed by atoms with E-state index in [1.807, 2.05) is 0 Å². The largest absolute Gasteiger partial charge is 0.472 e. The Balaban J connectivity index is 5.11. The predicted molar refractivity (Wildman–Crippen MR) is 418 cm³/mol. The lowest BCUT2D eigenvalue weighted by Gasteiger charge is -2.21. The van der Waals surface area contributed by atoms with Gasteiger partial charge in [-0.2, -0.15) is 0 Å². The van der Waals surface area contributed by atoms with E-state index in [2.05, 4.69) is 41.5 Å². The van der Waals surface area contributed by atoms with Crippen LogP contribution in [0.5, 0.6) is 0 Å². The normalized spacial score (nSPS) is 14.1. The zero-order valence-electron chi connectivity index (χ0n) is 66.9. The van der Waals surface area contributed by atoms with Crippen LogP contribution in [-0.4, -0.2) is 96.7 Å². The van der Waals surface area contributed by atoms with Crippen molar-refractivity contribution in [2.24, 2.45) is 11.8 Å². The van der Waals surface area contributed by atoms with Crippen LogP contribution in [-0.2, 0) is 65.4 Å². The van der Waals surface area contributed by atoms with Crippen molar-refractivity contribution < 1.29 is 80.2 Å². The van der Waals surface area contributed by atoms with Gasteiger partial charge >= 0.3 is 39.5 Å². The number of ether oxygens (including phenoxy) is 4. The Morgan fingerprint density at radius 2 is 0.500 bits per heavy atom. The second-order valence-corrected chi connectivity index (χ2v) is 33.5. The molecule has 0 amide bonds. The molecule has 0 saturated heterocycles. The van der Waals surface area contributed by atoms with Gasteiger partial charge in [0.2, 0.25) is 0 Å². The second-order valence-electron chi connectivity index (χ2n) is 30.6. The number of carbonyl (C=O) groups is 4. The van der Waals surface area contributed by atoms with Crippen LogP contribution in [0.3, 0.4) is 0 Å². The molecule has 0 spiro atoms. The van der Waals surface area contributed by atoms with Crippen molar-refractivity contribution in [2.75, 3.05) is 39.6 Å². The van der Waals surface area contributed by atoms with E-state index in [1.54, 1.807) is 0 Å². The third-order valence-electron chi connectivity index (χ3n) is 19.8. The second kappa shape index (κ2) is 74.5. The summed E-state index contributed by atoms with van der Waals surface area (Å²) in [5.74, 6) is -0.460. The molecule has 0 radical (unpaired) electrons. The maximum atomic E-state index is 13.1. The maximum absolute atomic E-state index is 13.1. The molecule has 17 nitrogen and oxygen atoms in total. The molecule has 0 fully saturated rings. The number of hydrogen-bond acceptors (Lipinski definition) is 15. The molecular weight excluding hydrogens is 1330 g/mol. The molecule has 0 aliphatic carbocycles. The smallest absolute Gasteiger partial charge is 0.462 e. The van der Waals surface area contributed by atoms with Crippen molar-refractivity contribution in [3.63, 3.8) is 0 Å². The van der Waals surface area contributed by atoms with Gasteiger partial charge in [0.15, 0.2) is 12.2 Å². The SMILES string of the molecule is CCCCCCCCCCCCCCCCCCCCCC(=O)OC[C@H](COP(=O)(O)OC[C@@H](O)COP(=O)(O)OC[C@@H](COC(=O)CCCCCCC)OC(=O)CCCCCCCCCCCCCCCC(C)C)OC(=O)CCCCCCCCCCCCCCCCCCCCC(C)CC. The number of hydrogen-bond donors (Lipinski definition) is 3. The summed E-state index contributed by atoms with van der Waals surface area (Å²) < 4.78 is 68.5. The highest BCUT2D eigenvalue weighted by Crippen LogP contribution is 2.45. The molecule has 0 rings (SSSR count). The maximum Gasteiger partial charge on any atom is 0.472 e. The van der Waals surface area contributed by atoms with Crippen LogP contribution in [0.15, 0.2) is 0 Å². The first-order chi connectivity index (χ1) is 49.4. The molecule has 0 aromatic carbocycles. The van der Waals surface area contributed by atoms with Gasteiger partial charge in [-0.1, -0.05) is 388 Å². The molecule has 0 heterocycles. The van der Waals surface area contributed by atoms with E-state index in [0.717, 1.165) is 108 Å². The van der Waals surface area contributed by atoms with Gasteiger partial charge in [0.1, 0.15) is 19.3 Å². The summed E-state index contributed by atoms with van der Waals surface area (Å²) in [5, 5.41) is 10.6. The Labute approximate surface area is 626 Å². The van der Waals surface area contributed by atoms with Crippen molar-refractivity contribution in [1.29, 1.82) is 0 Å². The highest BCUT2D eigenvalue weighted by Gasteiger charge is 2.30. The standard InChI is InChI=1S/C83H162O17P2/c1-7-10-12-14-15-16-17-18-19-20-21-25-28-33-38-43-48-54-60-66-81(86)94-72-79(100-83(88)68-61-55-49-44-39-34-29-26-23-22-24-27-32-37-42-47-53-58-64-76(6)9-3)74-98-102(91,92)96-70-77(84)69-95-101(89,90)97-73-78(71-93-80(85)65-59-51-13-11-8-2)99-82(87)67-62-56-50-45-40-35-30-31-36-41-46-52-57-63-75(4)5/h75-79,84H,7-74H2,1-6H3,(H,89,90)(H,91,92)/t76?,77-,78+,79+/m0/s1. The summed E-state index contributed by atoms with van der Waals surface area (Å²) in [6, 6.07) is 0. The molecule has 6 atom stereocenters. The van der Waals surface area contributed by atoms with Crippen LogP contribution >= 0.6 is 15.6 Å². The molecule has 606 valence electrons. The van der Waals surface area contributed by atoms with Crippen molar-refractivity contribution in [2.45, 2.75) is 458 Å². The number of unbranched alkanes of at least 4 members (excludes halogenated alkanes) is 51. The lowest BCUT2D eigenvalue weighted by atomic mass is 9.99. The fourth-order valence-electron chi connectivity index (χ4n) is 12.9. The average molecular weight is 1490 g/mol. The molecule has 3 unspecified atom stereocenters. The van der Waals surface area contributed by atoms with E-state index < -0.39 is 97.5 Å². The summed E-state index contributed by atoms with van der Waals surface area (Å²) in [6.45, 7) is 9.64. The van der Waals surface area contributed by atoms with E-state index in [1.165, 1.54) is 250 Å². The summed E-state index contributed by atoms with van der Waals surface area (Å²) in [4.78, 5) is 72.8. The number of phosphoric acid groups is 2. The lowest BCUT2D eigenvalue weighted by molar-refractivity contribution is -0.161. The van der Waals surface area contributed by atoms with E-state index in [-0.39, 0.29) is 25.7 Å². The Morgan fingerprint density at radius 3 is 0.745 bits per heavy atom. The van der Waals surface area contributed by atoms with Crippen LogP contribution in [0.4, 0.5) is 0 Å². The van der Waals surface area contributed by atoms with Crippen molar-refractivity contribution >= 4 is 39.5 Å². The Morgan fingerprint density at radius 1 is 0.284 bits per heavy atom. The summed E-state index contributed by atoms with van der Waals surface area (Å²) >= 11 is 0. The minimum atomic E-state index is -4.96. The van der Waals surface area contributed by atoms with Gasteiger partial charge in [0.25, 0.3) is 0 Å². The molecule has 0 aliphatic rings. The number of phosphoric ester groups is 2. The predicted octanol–water partition coefficient (Wildman–Crippen LogP) is 25.1. The first kappa shape index (κ1) is 100.